The number of rotatable bonds is 3. The Hall–Kier alpha value is -2.63. The molecular weight excluding hydrogens is 316 g/mol. The normalized spacial score (nSPS) is 24.6. The summed E-state index contributed by atoms with van der Waals surface area (Å²) in [6.45, 7) is 2.67. The van der Waals surface area contributed by atoms with Crippen LogP contribution >= 0.6 is 0 Å². The summed E-state index contributed by atoms with van der Waals surface area (Å²) in [6, 6.07) is 9.46. The first-order valence-corrected chi connectivity index (χ1v) is 8.79. The predicted octanol–water partition coefficient (Wildman–Crippen LogP) is 2.32. The van der Waals surface area contributed by atoms with Crippen LogP contribution in [0.15, 0.2) is 36.5 Å². The van der Waals surface area contributed by atoms with E-state index >= 15 is 0 Å². The molecule has 2 atom stereocenters. The molecule has 2 aliphatic rings. The molecule has 0 radical (unpaired) electrons. The predicted molar refractivity (Wildman–Crippen MR) is 94.3 cm³/mol. The molecule has 6 nitrogen and oxygen atoms in total. The third kappa shape index (κ3) is 2.13. The van der Waals surface area contributed by atoms with E-state index in [1.54, 1.807) is 24.0 Å². The number of carbonyl (C=O) groups excluding carboxylic acids is 2. The molecule has 130 valence electrons. The largest absolute Gasteiger partial charge is 0.333 e. The van der Waals surface area contributed by atoms with Gasteiger partial charge < -0.3 is 10.2 Å². The average Bonchev–Trinajstić information content (AvgIpc) is 3.27. The molecule has 0 unspecified atom stereocenters. The van der Waals surface area contributed by atoms with Crippen molar-refractivity contribution in [2.24, 2.45) is 7.05 Å². The second-order valence-corrected chi connectivity index (χ2v) is 6.86. The van der Waals surface area contributed by atoms with Crippen molar-refractivity contribution in [1.29, 1.82) is 0 Å². The Morgan fingerprint density at radius 2 is 2.16 bits per heavy atom. The maximum absolute atomic E-state index is 13.1. The number of hydrogen-bond acceptors (Lipinski definition) is 3. The Morgan fingerprint density at radius 3 is 2.88 bits per heavy atom. The van der Waals surface area contributed by atoms with Gasteiger partial charge in [0.25, 0.3) is 5.91 Å². The zero-order valence-corrected chi connectivity index (χ0v) is 14.5. The van der Waals surface area contributed by atoms with Gasteiger partial charge in [-0.25, -0.2) is 0 Å². The summed E-state index contributed by atoms with van der Waals surface area (Å²) in [4.78, 5) is 28.0. The fraction of sp³-hybridized carbons (Fsp3) is 0.421. The van der Waals surface area contributed by atoms with Crippen molar-refractivity contribution in [3.63, 3.8) is 0 Å². The van der Waals surface area contributed by atoms with E-state index in [1.807, 2.05) is 29.2 Å². The minimum absolute atomic E-state index is 0.0208. The summed E-state index contributed by atoms with van der Waals surface area (Å²) < 4.78 is 1.60. The Labute approximate surface area is 146 Å². The van der Waals surface area contributed by atoms with Gasteiger partial charge in [0.1, 0.15) is 5.69 Å². The number of anilines is 1. The van der Waals surface area contributed by atoms with Crippen LogP contribution in [0.1, 0.15) is 42.2 Å². The van der Waals surface area contributed by atoms with Crippen molar-refractivity contribution in [3.05, 3.63) is 47.8 Å². The van der Waals surface area contributed by atoms with Gasteiger partial charge >= 0.3 is 0 Å². The van der Waals surface area contributed by atoms with E-state index in [0.29, 0.717) is 18.7 Å². The smallest absolute Gasteiger partial charge is 0.272 e. The molecule has 0 bridgehead atoms. The Balaban J connectivity index is 1.78. The van der Waals surface area contributed by atoms with Gasteiger partial charge in [-0.2, -0.15) is 5.10 Å². The Bertz CT molecular complexity index is 843. The number of fused-ring (bicyclic) bond motifs is 2. The van der Waals surface area contributed by atoms with E-state index < -0.39 is 5.41 Å². The van der Waals surface area contributed by atoms with E-state index in [1.165, 1.54) is 0 Å². The number of likely N-dealkylation sites (tertiary alicyclic amines) is 1. The lowest BCUT2D eigenvalue weighted by Crippen LogP contribution is -2.49. The summed E-state index contributed by atoms with van der Waals surface area (Å²) in [5, 5.41) is 7.14. The maximum Gasteiger partial charge on any atom is 0.272 e. The first kappa shape index (κ1) is 15.9. The third-order valence-corrected chi connectivity index (χ3v) is 5.62. The van der Waals surface area contributed by atoms with Crippen molar-refractivity contribution >= 4 is 17.5 Å². The molecular formula is C19H22N4O2. The number of aromatic nitrogens is 2. The number of nitrogens with one attached hydrogen (secondary N) is 1. The number of para-hydroxylation sites is 1. The number of nitrogens with zero attached hydrogens (tertiary/aromatic N) is 3. The van der Waals surface area contributed by atoms with Crippen molar-refractivity contribution < 1.29 is 9.59 Å². The Morgan fingerprint density at radius 1 is 1.36 bits per heavy atom. The van der Waals surface area contributed by atoms with Crippen LogP contribution in [0.25, 0.3) is 0 Å². The third-order valence-electron chi connectivity index (χ3n) is 5.62. The molecule has 1 spiro atoms. The van der Waals surface area contributed by atoms with E-state index in [-0.39, 0.29) is 17.9 Å². The first-order valence-electron chi connectivity index (χ1n) is 8.79. The molecule has 2 amide bonds. The zero-order chi connectivity index (χ0) is 17.6. The van der Waals surface area contributed by atoms with E-state index in [4.69, 9.17) is 0 Å². The van der Waals surface area contributed by atoms with Gasteiger partial charge in [0.15, 0.2) is 0 Å². The standard InChI is InChI=1S/C19H22N4O2/c1-3-6-16-19(13-7-4-5-8-14(13)21-18(19)25)10-12-23(16)17(24)15-9-11-20-22(15)2/h4-5,7-9,11,16H,3,6,10,12H2,1-2H3,(H,21,25)/t16-,19+/m0/s1. The van der Waals surface area contributed by atoms with Gasteiger partial charge in [0, 0.05) is 25.5 Å². The number of benzene rings is 1. The molecule has 1 aromatic heterocycles. The molecule has 3 heterocycles. The van der Waals surface area contributed by atoms with E-state index in [2.05, 4.69) is 17.3 Å². The topological polar surface area (TPSA) is 67.2 Å². The molecule has 25 heavy (non-hydrogen) atoms. The van der Waals surface area contributed by atoms with Crippen molar-refractivity contribution in [2.45, 2.75) is 37.6 Å². The molecule has 0 aliphatic carbocycles. The monoisotopic (exact) mass is 338 g/mol. The number of hydrogen-bond donors (Lipinski definition) is 1. The fourth-order valence-electron chi connectivity index (χ4n) is 4.45. The quantitative estimate of drug-likeness (QED) is 0.934. The van der Waals surface area contributed by atoms with E-state index in [0.717, 1.165) is 24.1 Å². The Kier molecular flexibility index (Phi) is 3.63. The van der Waals surface area contributed by atoms with Gasteiger partial charge in [-0.3, -0.25) is 14.3 Å². The van der Waals surface area contributed by atoms with Gasteiger partial charge in [-0.05, 0) is 30.5 Å². The minimum atomic E-state index is -0.638. The molecule has 1 N–H and O–H groups in total. The lowest BCUT2D eigenvalue weighted by molar-refractivity contribution is -0.121. The van der Waals surface area contributed by atoms with Gasteiger partial charge in [0.05, 0.1) is 11.5 Å². The SMILES string of the molecule is CCC[C@@H]1N(C(=O)c2ccnn2C)CC[C@]12C(=O)Nc1ccccc12. The highest BCUT2D eigenvalue weighted by Crippen LogP contribution is 2.49. The van der Waals surface area contributed by atoms with Crippen LogP contribution in [0.3, 0.4) is 0 Å². The second-order valence-electron chi connectivity index (χ2n) is 6.86. The van der Waals surface area contributed by atoms with Crippen molar-refractivity contribution in [3.8, 4) is 0 Å². The van der Waals surface area contributed by atoms with Crippen LogP contribution in [0, 0.1) is 0 Å². The highest BCUT2D eigenvalue weighted by molar-refractivity contribution is 6.08. The van der Waals surface area contributed by atoms with Crippen molar-refractivity contribution in [2.75, 3.05) is 11.9 Å². The minimum Gasteiger partial charge on any atom is -0.333 e. The van der Waals surface area contributed by atoms with Crippen LogP contribution in [-0.4, -0.2) is 39.1 Å². The van der Waals surface area contributed by atoms with Gasteiger partial charge in [-0.15, -0.1) is 0 Å². The van der Waals surface area contributed by atoms with Gasteiger partial charge in [-0.1, -0.05) is 31.5 Å². The highest BCUT2D eigenvalue weighted by Gasteiger charge is 2.58. The summed E-state index contributed by atoms with van der Waals surface area (Å²) >= 11 is 0. The lowest BCUT2D eigenvalue weighted by Gasteiger charge is -2.33. The molecule has 6 heteroatoms. The summed E-state index contributed by atoms with van der Waals surface area (Å²) in [5.41, 5.74) is 1.83. The summed E-state index contributed by atoms with van der Waals surface area (Å²) in [6.07, 6.45) is 4.00. The van der Waals surface area contributed by atoms with Crippen LogP contribution in [0.5, 0.6) is 0 Å². The molecule has 1 fully saturated rings. The number of carbonyl (C=O) groups is 2. The maximum atomic E-state index is 13.1. The second kappa shape index (κ2) is 5.72. The van der Waals surface area contributed by atoms with Crippen molar-refractivity contribution in [1.82, 2.24) is 14.7 Å². The summed E-state index contributed by atoms with van der Waals surface area (Å²) in [5.74, 6) is -0.0278. The number of aryl methyl sites for hydroxylation is 1. The number of amides is 2. The zero-order valence-electron chi connectivity index (χ0n) is 14.5. The van der Waals surface area contributed by atoms with Crippen LogP contribution < -0.4 is 5.32 Å². The molecule has 2 aliphatic heterocycles. The average molecular weight is 338 g/mol. The van der Waals surface area contributed by atoms with Gasteiger partial charge in [0.2, 0.25) is 5.91 Å². The first-order chi connectivity index (χ1) is 12.1. The fourth-order valence-corrected chi connectivity index (χ4v) is 4.45. The molecule has 1 aromatic carbocycles. The van der Waals surface area contributed by atoms with Crippen LogP contribution in [-0.2, 0) is 17.3 Å². The summed E-state index contributed by atoms with van der Waals surface area (Å²) in [7, 11) is 1.77. The highest BCUT2D eigenvalue weighted by atomic mass is 16.2. The van der Waals surface area contributed by atoms with E-state index in [9.17, 15) is 9.59 Å². The molecule has 2 aromatic rings. The van der Waals surface area contributed by atoms with Crippen LogP contribution in [0.4, 0.5) is 5.69 Å². The molecule has 0 saturated carbocycles. The molecule has 4 rings (SSSR count). The van der Waals surface area contributed by atoms with Crippen LogP contribution in [0.2, 0.25) is 0 Å². The molecule has 1 saturated heterocycles. The lowest BCUT2D eigenvalue weighted by atomic mass is 9.73.